The molecule has 6 nitrogen and oxygen atoms in total. The molecule has 0 spiro atoms. The third-order valence-electron chi connectivity index (χ3n) is 4.11. The zero-order chi connectivity index (χ0) is 19.0. The Kier molecular flexibility index (Phi) is 4.60. The number of hydrogen-bond acceptors (Lipinski definition) is 5. The van der Waals surface area contributed by atoms with Crippen molar-refractivity contribution in [2.75, 3.05) is 0 Å². The number of nitro benzene ring substituents is 1. The van der Waals surface area contributed by atoms with Gasteiger partial charge in [-0.2, -0.15) is 0 Å². The maximum atomic E-state index is 10.9. The molecule has 2 aromatic carbocycles. The normalized spacial score (nSPS) is 10.9. The third-order valence-corrected chi connectivity index (χ3v) is 5.08. The molecule has 0 saturated carbocycles. The number of nitrogens with zero attached hydrogens (tertiary/aromatic N) is 4. The fourth-order valence-corrected chi connectivity index (χ4v) is 3.50. The van der Waals surface area contributed by atoms with Crippen molar-refractivity contribution in [3.05, 3.63) is 76.1 Å². The van der Waals surface area contributed by atoms with E-state index in [1.165, 1.54) is 18.5 Å². The number of aromatic nitrogens is 3. The summed E-state index contributed by atoms with van der Waals surface area (Å²) in [5.74, 6) is 0. The summed E-state index contributed by atoms with van der Waals surface area (Å²) in [6.07, 6.45) is 1.47. The number of benzene rings is 2. The van der Waals surface area contributed by atoms with Crippen LogP contribution >= 0.6 is 11.6 Å². The zero-order valence-corrected chi connectivity index (χ0v) is 16.3. The van der Waals surface area contributed by atoms with E-state index in [1.54, 1.807) is 12.1 Å². The molecule has 2 heterocycles. The van der Waals surface area contributed by atoms with Gasteiger partial charge >= 0.3 is 168 Å². The van der Waals surface area contributed by atoms with Crippen molar-refractivity contribution < 1.29 is 4.92 Å². The summed E-state index contributed by atoms with van der Waals surface area (Å²) < 4.78 is 0.764. The van der Waals surface area contributed by atoms with Crippen LogP contribution in [0.4, 0.5) is 5.69 Å². The predicted molar refractivity (Wildman–Crippen MR) is 105 cm³/mol. The Morgan fingerprint density at radius 2 is 1.63 bits per heavy atom. The van der Waals surface area contributed by atoms with Crippen molar-refractivity contribution >= 4 is 49.7 Å². The number of pyridine rings is 1. The number of fused-ring (bicyclic) bond motifs is 1. The molecule has 0 aliphatic heterocycles. The van der Waals surface area contributed by atoms with Gasteiger partial charge in [0.2, 0.25) is 0 Å². The van der Waals surface area contributed by atoms with Crippen molar-refractivity contribution in [1.82, 2.24) is 15.0 Å². The van der Waals surface area contributed by atoms with E-state index in [4.69, 9.17) is 11.6 Å². The fourth-order valence-electron chi connectivity index (χ4n) is 2.81. The number of halogens is 1. The molecular formula is C19H10AsClN4O2. The van der Waals surface area contributed by atoms with E-state index in [0.29, 0.717) is 16.4 Å². The van der Waals surface area contributed by atoms with Crippen molar-refractivity contribution in [3.8, 4) is 22.4 Å². The molecule has 0 amide bonds. The Hall–Kier alpha value is -2.82. The molecule has 0 aliphatic rings. The van der Waals surface area contributed by atoms with Crippen LogP contribution in [0.2, 0.25) is 5.02 Å². The summed E-state index contributed by atoms with van der Waals surface area (Å²) >= 11 is 8.45. The van der Waals surface area contributed by atoms with Gasteiger partial charge in [0, 0.05) is 0 Å². The van der Waals surface area contributed by atoms with Gasteiger partial charge in [-0.1, -0.05) is 0 Å². The molecule has 0 aliphatic carbocycles. The molecule has 130 valence electrons. The molecule has 4 aromatic rings. The van der Waals surface area contributed by atoms with Crippen LogP contribution in [0.1, 0.15) is 0 Å². The molecule has 2 radical (unpaired) electrons. The summed E-state index contributed by atoms with van der Waals surface area (Å²) in [4.78, 5) is 23.7. The van der Waals surface area contributed by atoms with Gasteiger partial charge in [0.05, 0.1) is 0 Å². The Bertz CT molecular complexity index is 1160. The van der Waals surface area contributed by atoms with Gasteiger partial charge in [0.15, 0.2) is 0 Å². The van der Waals surface area contributed by atoms with E-state index in [-0.39, 0.29) is 5.69 Å². The van der Waals surface area contributed by atoms with Gasteiger partial charge in [-0.15, -0.1) is 0 Å². The monoisotopic (exact) mass is 436 g/mol. The van der Waals surface area contributed by atoms with E-state index in [0.717, 1.165) is 26.6 Å². The molecule has 0 fully saturated rings. The molecule has 4 rings (SSSR count). The first-order valence-corrected chi connectivity index (χ1v) is 9.20. The molecule has 2 aromatic heterocycles. The van der Waals surface area contributed by atoms with Crippen molar-refractivity contribution in [1.29, 1.82) is 0 Å². The Labute approximate surface area is 167 Å². The molecule has 0 N–H and O–H groups in total. The van der Waals surface area contributed by atoms with Crippen LogP contribution in [0.5, 0.6) is 0 Å². The summed E-state index contributed by atoms with van der Waals surface area (Å²) in [6, 6.07) is 15.7. The molecule has 0 saturated heterocycles. The number of rotatable bonds is 3. The minimum absolute atomic E-state index is 0.0351. The molecule has 0 atom stereocenters. The van der Waals surface area contributed by atoms with Gasteiger partial charge < -0.3 is 0 Å². The standard InChI is InChI=1S/C19H10AsClN4O2/c20-18-17-15(11-1-5-13(21)6-2-11)9-16(24-19(17)23-10-22-18)12-3-7-14(8-4-12)25(26)27/h1-10H. The molecule has 27 heavy (non-hydrogen) atoms. The quantitative estimate of drug-likeness (QED) is 0.278. The van der Waals surface area contributed by atoms with Crippen molar-refractivity contribution in [2.45, 2.75) is 0 Å². The van der Waals surface area contributed by atoms with Gasteiger partial charge in [-0.05, 0) is 0 Å². The third kappa shape index (κ3) is 3.41. The number of non-ortho nitro benzene ring substituents is 1. The Morgan fingerprint density at radius 1 is 0.963 bits per heavy atom. The topological polar surface area (TPSA) is 81.8 Å². The Balaban J connectivity index is 1.95. The van der Waals surface area contributed by atoms with E-state index in [2.05, 4.69) is 31.8 Å². The Morgan fingerprint density at radius 3 is 2.30 bits per heavy atom. The minimum atomic E-state index is -0.425. The van der Waals surface area contributed by atoms with Crippen LogP contribution in [0, 0.1) is 10.1 Å². The number of nitro groups is 1. The van der Waals surface area contributed by atoms with Gasteiger partial charge in [0.25, 0.3) is 0 Å². The summed E-state index contributed by atoms with van der Waals surface area (Å²) in [7, 11) is 0. The number of hydrogen-bond donors (Lipinski definition) is 0. The summed E-state index contributed by atoms with van der Waals surface area (Å²) in [5, 5.41) is 12.4. The first kappa shape index (κ1) is 17.6. The second-order valence-corrected chi connectivity index (χ2v) is 7.09. The SMILES string of the molecule is O=[N+]([O-])c1ccc(-c2cc(-c3ccc(Cl)cc3)c3c([As])ncnc3n2)cc1. The van der Waals surface area contributed by atoms with Crippen molar-refractivity contribution in [3.63, 3.8) is 0 Å². The fraction of sp³-hybridized carbons (Fsp3) is 0. The van der Waals surface area contributed by atoms with Crippen molar-refractivity contribution in [2.24, 2.45) is 0 Å². The van der Waals surface area contributed by atoms with Gasteiger partial charge in [-0.25, -0.2) is 0 Å². The average Bonchev–Trinajstić information content (AvgIpc) is 2.68. The summed E-state index contributed by atoms with van der Waals surface area (Å²) in [5.41, 5.74) is 3.91. The zero-order valence-electron chi connectivity index (χ0n) is 13.7. The van der Waals surface area contributed by atoms with Crippen LogP contribution in [0.15, 0.2) is 60.9 Å². The molecule has 0 bridgehead atoms. The van der Waals surface area contributed by atoms with Gasteiger partial charge in [-0.3, -0.25) is 0 Å². The summed E-state index contributed by atoms with van der Waals surface area (Å²) in [6.45, 7) is 0. The second-order valence-electron chi connectivity index (χ2n) is 5.76. The van der Waals surface area contributed by atoms with Crippen LogP contribution in [0.3, 0.4) is 0 Å². The second kappa shape index (κ2) is 7.06. The van der Waals surface area contributed by atoms with Crippen LogP contribution in [-0.2, 0) is 0 Å². The molecule has 8 heteroatoms. The predicted octanol–water partition coefficient (Wildman–Crippen LogP) is 3.71. The van der Waals surface area contributed by atoms with E-state index in [9.17, 15) is 10.1 Å². The van der Waals surface area contributed by atoms with Crippen LogP contribution in [-0.4, -0.2) is 36.7 Å². The average molecular weight is 437 g/mol. The van der Waals surface area contributed by atoms with E-state index in [1.807, 2.05) is 30.3 Å². The van der Waals surface area contributed by atoms with Gasteiger partial charge in [0.1, 0.15) is 0 Å². The first-order chi connectivity index (χ1) is 13.0. The van der Waals surface area contributed by atoms with E-state index >= 15 is 0 Å². The molecular weight excluding hydrogens is 427 g/mol. The van der Waals surface area contributed by atoms with Crippen LogP contribution < -0.4 is 4.48 Å². The van der Waals surface area contributed by atoms with E-state index < -0.39 is 4.92 Å². The first-order valence-electron chi connectivity index (χ1n) is 7.88. The maximum absolute atomic E-state index is 10.9. The van der Waals surface area contributed by atoms with Crippen LogP contribution in [0.25, 0.3) is 33.4 Å². The molecule has 0 unspecified atom stereocenters.